The Morgan fingerprint density at radius 2 is 2.14 bits per heavy atom. The fourth-order valence-corrected chi connectivity index (χ4v) is 2.06. The average Bonchev–Trinajstić information content (AvgIpc) is 2.47. The molecule has 4 heteroatoms. The zero-order valence-electron chi connectivity index (χ0n) is 13.0. The molecule has 1 N–H and O–H groups in total. The average molecular weight is 312 g/mol. The zero-order valence-corrected chi connectivity index (χ0v) is 13.8. The van der Waals surface area contributed by atoms with Crippen LogP contribution in [0.2, 0.25) is 0 Å². The van der Waals surface area contributed by atoms with Crippen LogP contribution in [0, 0.1) is 0 Å². The first-order chi connectivity index (χ1) is 10.1. The van der Waals surface area contributed by atoms with Crippen molar-refractivity contribution in [3.63, 3.8) is 0 Å². The zero-order chi connectivity index (χ0) is 15.5. The van der Waals surface area contributed by atoms with E-state index in [2.05, 4.69) is 12.2 Å². The molecule has 0 aliphatic rings. The van der Waals surface area contributed by atoms with Gasteiger partial charge in [0, 0.05) is 6.54 Å². The van der Waals surface area contributed by atoms with Crippen molar-refractivity contribution in [1.29, 1.82) is 0 Å². The number of alkyl halides is 1. The van der Waals surface area contributed by atoms with Gasteiger partial charge in [-0.15, -0.1) is 11.6 Å². The van der Waals surface area contributed by atoms with E-state index >= 15 is 0 Å². The minimum Gasteiger partial charge on any atom is -0.494 e. The van der Waals surface area contributed by atoms with Crippen LogP contribution in [-0.2, 0) is 11.2 Å². The second-order valence-corrected chi connectivity index (χ2v) is 5.87. The van der Waals surface area contributed by atoms with Crippen LogP contribution < -0.4 is 10.1 Å². The quantitative estimate of drug-likeness (QED) is 0.525. The van der Waals surface area contributed by atoms with Crippen LogP contribution in [0.15, 0.2) is 24.3 Å². The van der Waals surface area contributed by atoms with Crippen molar-refractivity contribution >= 4 is 17.5 Å². The molecular formula is C17H26ClNO2. The minimum atomic E-state index is -0.484. The topological polar surface area (TPSA) is 38.3 Å². The van der Waals surface area contributed by atoms with E-state index in [1.54, 1.807) is 6.92 Å². The Hall–Kier alpha value is -1.22. The summed E-state index contributed by atoms with van der Waals surface area (Å²) >= 11 is 5.70. The monoisotopic (exact) mass is 311 g/mol. The van der Waals surface area contributed by atoms with Crippen molar-refractivity contribution in [3.8, 4) is 5.75 Å². The molecule has 0 radical (unpaired) electrons. The Balaban J connectivity index is 2.30. The van der Waals surface area contributed by atoms with Gasteiger partial charge >= 0.3 is 0 Å². The molecule has 0 bridgehead atoms. The Morgan fingerprint density at radius 1 is 1.33 bits per heavy atom. The molecule has 3 nitrogen and oxygen atoms in total. The maximum atomic E-state index is 11.4. The Kier molecular flexibility index (Phi) is 8.91. The van der Waals surface area contributed by atoms with Gasteiger partial charge in [-0.2, -0.15) is 0 Å². The lowest BCUT2D eigenvalue weighted by molar-refractivity contribution is -0.120. The number of benzene rings is 1. The smallest absolute Gasteiger partial charge is 0.237 e. The highest BCUT2D eigenvalue weighted by Crippen LogP contribution is 2.14. The van der Waals surface area contributed by atoms with Crippen molar-refractivity contribution in [3.05, 3.63) is 29.8 Å². The van der Waals surface area contributed by atoms with Gasteiger partial charge < -0.3 is 10.1 Å². The van der Waals surface area contributed by atoms with E-state index in [1.165, 1.54) is 19.3 Å². The molecule has 0 saturated heterocycles. The van der Waals surface area contributed by atoms with E-state index in [0.717, 1.165) is 30.8 Å². The number of hydrogen-bond acceptors (Lipinski definition) is 2. The summed E-state index contributed by atoms with van der Waals surface area (Å²) in [6, 6.07) is 8.04. The molecule has 1 atom stereocenters. The number of hydrogen-bond donors (Lipinski definition) is 1. The Labute approximate surface area is 133 Å². The van der Waals surface area contributed by atoms with Crippen molar-refractivity contribution in [2.75, 3.05) is 13.2 Å². The number of amides is 1. The minimum absolute atomic E-state index is 0.125. The maximum absolute atomic E-state index is 11.4. The highest BCUT2D eigenvalue weighted by atomic mass is 35.5. The summed E-state index contributed by atoms with van der Waals surface area (Å²) < 4.78 is 5.75. The Bertz CT molecular complexity index is 421. The van der Waals surface area contributed by atoms with Gasteiger partial charge in [0.1, 0.15) is 11.1 Å². The van der Waals surface area contributed by atoms with Crippen LogP contribution >= 0.6 is 11.6 Å². The van der Waals surface area contributed by atoms with Crippen LogP contribution in [-0.4, -0.2) is 24.4 Å². The number of halogens is 1. The lowest BCUT2D eigenvalue weighted by atomic mass is 10.1. The summed E-state index contributed by atoms with van der Waals surface area (Å²) in [6.45, 7) is 5.23. The van der Waals surface area contributed by atoms with E-state index in [9.17, 15) is 4.79 Å². The van der Waals surface area contributed by atoms with Gasteiger partial charge in [0.25, 0.3) is 0 Å². The molecule has 0 spiro atoms. The molecule has 1 rings (SSSR count). The predicted octanol–water partition coefficient (Wildman–Crippen LogP) is 3.93. The highest BCUT2D eigenvalue weighted by molar-refractivity contribution is 6.30. The summed E-state index contributed by atoms with van der Waals surface area (Å²) in [5.41, 5.74) is 1.16. The van der Waals surface area contributed by atoms with Gasteiger partial charge in [0.15, 0.2) is 0 Å². The van der Waals surface area contributed by atoms with Crippen molar-refractivity contribution in [2.24, 2.45) is 0 Å². The summed E-state index contributed by atoms with van der Waals surface area (Å²) in [5, 5.41) is 2.32. The van der Waals surface area contributed by atoms with Gasteiger partial charge in [-0.25, -0.2) is 0 Å². The first-order valence-corrected chi connectivity index (χ1v) is 8.20. The molecule has 118 valence electrons. The first-order valence-electron chi connectivity index (χ1n) is 7.77. The molecule has 0 fully saturated rings. The summed E-state index contributed by atoms with van der Waals surface area (Å²) in [5.74, 6) is 0.779. The predicted molar refractivity (Wildman–Crippen MR) is 88.1 cm³/mol. The van der Waals surface area contributed by atoms with Gasteiger partial charge in [-0.3, -0.25) is 4.79 Å². The van der Waals surface area contributed by atoms with Crippen molar-refractivity contribution in [1.82, 2.24) is 5.32 Å². The second kappa shape index (κ2) is 10.5. The SMILES string of the molecule is CCCCCCOc1cccc(CCNC(=O)C(C)Cl)c1. The second-order valence-electron chi connectivity index (χ2n) is 5.21. The lowest BCUT2D eigenvalue weighted by Gasteiger charge is -2.09. The molecule has 0 saturated carbocycles. The molecule has 1 aromatic rings. The number of carbonyl (C=O) groups is 1. The molecule has 0 heterocycles. The molecule has 21 heavy (non-hydrogen) atoms. The third-order valence-electron chi connectivity index (χ3n) is 3.24. The van der Waals surface area contributed by atoms with E-state index in [0.29, 0.717) is 6.54 Å². The summed E-state index contributed by atoms with van der Waals surface area (Å²) in [4.78, 5) is 11.4. The van der Waals surface area contributed by atoms with Crippen molar-refractivity contribution < 1.29 is 9.53 Å². The molecule has 1 amide bonds. The highest BCUT2D eigenvalue weighted by Gasteiger charge is 2.07. The third kappa shape index (κ3) is 7.96. The molecule has 1 unspecified atom stereocenters. The fourth-order valence-electron chi connectivity index (χ4n) is 1.98. The first kappa shape index (κ1) is 17.8. The van der Waals surface area contributed by atoms with Gasteiger partial charge in [-0.1, -0.05) is 38.3 Å². The van der Waals surface area contributed by atoms with Crippen LogP contribution in [0.3, 0.4) is 0 Å². The number of ether oxygens (including phenoxy) is 1. The van der Waals surface area contributed by atoms with Crippen LogP contribution in [0.5, 0.6) is 5.75 Å². The van der Waals surface area contributed by atoms with Crippen molar-refractivity contribution in [2.45, 2.75) is 51.3 Å². The van der Waals surface area contributed by atoms with Gasteiger partial charge in [-0.05, 0) is 37.5 Å². The molecule has 0 aliphatic carbocycles. The molecular weight excluding hydrogens is 286 g/mol. The number of rotatable bonds is 10. The largest absolute Gasteiger partial charge is 0.494 e. The van der Waals surface area contributed by atoms with E-state index < -0.39 is 5.38 Å². The fraction of sp³-hybridized carbons (Fsp3) is 0.588. The normalized spacial score (nSPS) is 12.0. The Morgan fingerprint density at radius 3 is 2.86 bits per heavy atom. The molecule has 0 aliphatic heterocycles. The number of nitrogens with one attached hydrogen (secondary N) is 1. The van der Waals surface area contributed by atoms with E-state index in [-0.39, 0.29) is 5.91 Å². The third-order valence-corrected chi connectivity index (χ3v) is 3.44. The molecule has 1 aromatic carbocycles. The maximum Gasteiger partial charge on any atom is 0.237 e. The van der Waals surface area contributed by atoms with E-state index in [4.69, 9.17) is 16.3 Å². The van der Waals surface area contributed by atoms with E-state index in [1.807, 2.05) is 24.3 Å². The van der Waals surface area contributed by atoms with Crippen LogP contribution in [0.1, 0.15) is 45.1 Å². The van der Waals surface area contributed by atoms with Gasteiger partial charge in [0.2, 0.25) is 5.91 Å². The van der Waals surface area contributed by atoms with Crippen LogP contribution in [0.25, 0.3) is 0 Å². The lowest BCUT2D eigenvalue weighted by Crippen LogP contribution is -2.31. The standard InChI is InChI=1S/C17H26ClNO2/c1-3-4-5-6-12-21-16-9-7-8-15(13-16)10-11-19-17(20)14(2)18/h7-9,13-14H,3-6,10-12H2,1-2H3,(H,19,20). The number of carbonyl (C=O) groups excluding carboxylic acids is 1. The molecule has 0 aromatic heterocycles. The van der Waals surface area contributed by atoms with Gasteiger partial charge in [0.05, 0.1) is 6.61 Å². The van der Waals surface area contributed by atoms with Crippen LogP contribution in [0.4, 0.5) is 0 Å². The summed E-state index contributed by atoms with van der Waals surface area (Å²) in [7, 11) is 0. The summed E-state index contributed by atoms with van der Waals surface area (Å²) in [6.07, 6.45) is 5.60. The number of unbranched alkanes of at least 4 members (excludes halogenated alkanes) is 3.